The quantitative estimate of drug-likeness (QED) is 0.638. The molecule has 0 radical (unpaired) electrons. The van der Waals surface area contributed by atoms with Crippen LogP contribution in [0.1, 0.15) is 18.9 Å². The van der Waals surface area contributed by atoms with Gasteiger partial charge in [0.2, 0.25) is 5.91 Å². The maximum Gasteiger partial charge on any atom is 0.261 e. The highest BCUT2D eigenvalue weighted by molar-refractivity contribution is 8.13. The molecule has 112 valence electrons. The fourth-order valence-corrected chi connectivity index (χ4v) is 2.72. The molecule has 0 bridgehead atoms. The van der Waals surface area contributed by atoms with E-state index in [1.165, 1.54) is 12.1 Å². The summed E-state index contributed by atoms with van der Waals surface area (Å²) in [6, 6.07) is 2.54. The molecule has 1 aromatic rings. The SMILES string of the molecule is CCCOCC(=O)Nc1c(C)cc(S(=O)(=O)Cl)cc1Cl. The van der Waals surface area contributed by atoms with Crippen LogP contribution in [0.3, 0.4) is 0 Å². The molecule has 0 aliphatic carbocycles. The van der Waals surface area contributed by atoms with Crippen LogP contribution in [-0.4, -0.2) is 27.5 Å². The summed E-state index contributed by atoms with van der Waals surface area (Å²) in [5, 5.41) is 2.69. The minimum absolute atomic E-state index is 0.0842. The molecule has 0 aromatic heterocycles. The van der Waals surface area contributed by atoms with Gasteiger partial charge in [-0.3, -0.25) is 4.79 Å². The van der Waals surface area contributed by atoms with Gasteiger partial charge in [-0.1, -0.05) is 18.5 Å². The monoisotopic (exact) mass is 339 g/mol. The summed E-state index contributed by atoms with van der Waals surface area (Å²) in [5.74, 6) is -0.357. The molecule has 0 atom stereocenters. The third kappa shape index (κ3) is 4.94. The summed E-state index contributed by atoms with van der Waals surface area (Å²) in [6.45, 7) is 3.97. The molecule has 1 rings (SSSR count). The van der Waals surface area contributed by atoms with E-state index in [0.29, 0.717) is 17.9 Å². The zero-order valence-corrected chi connectivity index (χ0v) is 13.4. The second-order valence-corrected chi connectivity index (χ2v) is 7.11. The predicted molar refractivity (Wildman–Crippen MR) is 79.0 cm³/mol. The Morgan fingerprint density at radius 1 is 1.40 bits per heavy atom. The van der Waals surface area contributed by atoms with Crippen LogP contribution in [-0.2, 0) is 18.6 Å². The van der Waals surface area contributed by atoms with Gasteiger partial charge in [-0.05, 0) is 31.0 Å². The summed E-state index contributed by atoms with van der Waals surface area (Å²) in [5.41, 5.74) is 0.849. The van der Waals surface area contributed by atoms with Gasteiger partial charge in [0.05, 0.1) is 15.6 Å². The molecule has 1 N–H and O–H groups in total. The molecule has 0 unspecified atom stereocenters. The lowest BCUT2D eigenvalue weighted by Crippen LogP contribution is -2.19. The molecule has 0 saturated heterocycles. The van der Waals surface area contributed by atoms with E-state index >= 15 is 0 Å². The molecule has 0 fully saturated rings. The summed E-state index contributed by atoms with van der Waals surface area (Å²) < 4.78 is 27.6. The lowest BCUT2D eigenvalue weighted by Gasteiger charge is -2.12. The van der Waals surface area contributed by atoms with Gasteiger partial charge in [0.25, 0.3) is 9.05 Å². The minimum Gasteiger partial charge on any atom is -0.372 e. The predicted octanol–water partition coefficient (Wildman–Crippen LogP) is 2.94. The topological polar surface area (TPSA) is 72.5 Å². The van der Waals surface area contributed by atoms with Gasteiger partial charge in [-0.15, -0.1) is 0 Å². The third-order valence-electron chi connectivity index (χ3n) is 2.39. The first kappa shape index (κ1) is 17.2. The summed E-state index contributed by atoms with van der Waals surface area (Å²) in [4.78, 5) is 11.5. The van der Waals surface area contributed by atoms with Gasteiger partial charge in [0.1, 0.15) is 6.61 Å². The van der Waals surface area contributed by atoms with Crippen molar-refractivity contribution in [2.75, 3.05) is 18.5 Å². The van der Waals surface area contributed by atoms with Crippen molar-refractivity contribution < 1.29 is 17.9 Å². The molecule has 0 spiro atoms. The van der Waals surface area contributed by atoms with Crippen LogP contribution in [0, 0.1) is 6.92 Å². The van der Waals surface area contributed by atoms with Crippen molar-refractivity contribution in [3.8, 4) is 0 Å². The Morgan fingerprint density at radius 3 is 2.55 bits per heavy atom. The van der Waals surface area contributed by atoms with Crippen molar-refractivity contribution >= 4 is 42.9 Å². The highest BCUT2D eigenvalue weighted by atomic mass is 35.7. The molecule has 0 aliphatic heterocycles. The lowest BCUT2D eigenvalue weighted by atomic mass is 10.2. The average Bonchev–Trinajstić information content (AvgIpc) is 2.32. The van der Waals surface area contributed by atoms with Crippen molar-refractivity contribution in [1.82, 2.24) is 0 Å². The zero-order valence-electron chi connectivity index (χ0n) is 11.1. The highest BCUT2D eigenvalue weighted by Gasteiger charge is 2.16. The van der Waals surface area contributed by atoms with E-state index in [-0.39, 0.29) is 22.4 Å². The van der Waals surface area contributed by atoms with Crippen molar-refractivity contribution in [1.29, 1.82) is 0 Å². The number of ether oxygens (including phenoxy) is 1. The normalized spacial score (nSPS) is 11.4. The van der Waals surface area contributed by atoms with Gasteiger partial charge < -0.3 is 10.1 Å². The van der Waals surface area contributed by atoms with Gasteiger partial charge in [0, 0.05) is 17.3 Å². The number of nitrogens with one attached hydrogen (secondary N) is 1. The number of anilines is 1. The number of aryl methyl sites for hydroxylation is 1. The third-order valence-corrected chi connectivity index (χ3v) is 4.02. The van der Waals surface area contributed by atoms with Crippen LogP contribution >= 0.6 is 22.3 Å². The largest absolute Gasteiger partial charge is 0.372 e. The Balaban J connectivity index is 2.90. The lowest BCUT2D eigenvalue weighted by molar-refractivity contribution is -0.120. The number of rotatable bonds is 6. The van der Waals surface area contributed by atoms with E-state index in [1.807, 2.05) is 6.92 Å². The average molecular weight is 340 g/mol. The molecule has 0 saturated carbocycles. The van der Waals surface area contributed by atoms with E-state index < -0.39 is 9.05 Å². The van der Waals surface area contributed by atoms with Crippen LogP contribution < -0.4 is 5.32 Å². The first-order valence-corrected chi connectivity index (χ1v) is 8.56. The number of hydrogen-bond donors (Lipinski definition) is 1. The summed E-state index contributed by atoms with van der Waals surface area (Å²) >= 11 is 5.97. The summed E-state index contributed by atoms with van der Waals surface area (Å²) in [6.07, 6.45) is 0.815. The Morgan fingerprint density at radius 2 is 2.05 bits per heavy atom. The maximum absolute atomic E-state index is 11.6. The van der Waals surface area contributed by atoms with E-state index in [1.54, 1.807) is 6.92 Å². The number of halogens is 2. The fourth-order valence-electron chi connectivity index (χ4n) is 1.50. The molecule has 0 heterocycles. The van der Waals surface area contributed by atoms with E-state index in [0.717, 1.165) is 6.42 Å². The number of carbonyl (C=O) groups excluding carboxylic acids is 1. The van der Waals surface area contributed by atoms with Crippen LogP contribution in [0.5, 0.6) is 0 Å². The van der Waals surface area contributed by atoms with E-state index in [2.05, 4.69) is 5.32 Å². The number of benzene rings is 1. The zero-order chi connectivity index (χ0) is 15.3. The van der Waals surface area contributed by atoms with Crippen molar-refractivity contribution in [2.24, 2.45) is 0 Å². The van der Waals surface area contributed by atoms with Crippen molar-refractivity contribution in [3.63, 3.8) is 0 Å². The van der Waals surface area contributed by atoms with E-state index in [4.69, 9.17) is 27.0 Å². The van der Waals surface area contributed by atoms with Gasteiger partial charge >= 0.3 is 0 Å². The maximum atomic E-state index is 11.6. The Hall–Kier alpha value is -0.820. The Kier molecular flexibility index (Phi) is 6.26. The fraction of sp³-hybridized carbons (Fsp3) is 0.417. The molecule has 1 amide bonds. The number of hydrogen-bond acceptors (Lipinski definition) is 4. The smallest absolute Gasteiger partial charge is 0.261 e. The van der Waals surface area contributed by atoms with Crippen LogP contribution in [0.25, 0.3) is 0 Å². The molecule has 0 aliphatic rings. The second-order valence-electron chi connectivity index (χ2n) is 4.14. The molecule has 8 heteroatoms. The van der Waals surface area contributed by atoms with Crippen LogP contribution in [0.15, 0.2) is 17.0 Å². The second kappa shape index (κ2) is 7.26. The van der Waals surface area contributed by atoms with Gasteiger partial charge in [-0.2, -0.15) is 0 Å². The molecular formula is C12H15Cl2NO4S. The highest BCUT2D eigenvalue weighted by Crippen LogP contribution is 2.30. The molecular weight excluding hydrogens is 325 g/mol. The standard InChI is InChI=1S/C12H15Cl2NO4S/c1-3-4-19-7-11(16)15-12-8(2)5-9(6-10(12)13)20(14,17)18/h5-6H,3-4,7H2,1-2H3,(H,15,16). The van der Waals surface area contributed by atoms with Crippen molar-refractivity contribution in [2.45, 2.75) is 25.2 Å². The van der Waals surface area contributed by atoms with Crippen LogP contribution in [0.4, 0.5) is 5.69 Å². The Labute approximate surface area is 127 Å². The van der Waals surface area contributed by atoms with Crippen LogP contribution in [0.2, 0.25) is 5.02 Å². The van der Waals surface area contributed by atoms with E-state index in [9.17, 15) is 13.2 Å². The number of amides is 1. The Bertz CT molecular complexity index is 578. The number of carbonyl (C=O) groups is 1. The first-order chi connectivity index (χ1) is 9.25. The molecule has 5 nitrogen and oxygen atoms in total. The van der Waals surface area contributed by atoms with Gasteiger partial charge in [-0.25, -0.2) is 8.42 Å². The summed E-state index contributed by atoms with van der Waals surface area (Å²) in [7, 11) is 1.39. The molecule has 20 heavy (non-hydrogen) atoms. The minimum atomic E-state index is -3.86. The van der Waals surface area contributed by atoms with Crippen molar-refractivity contribution in [3.05, 3.63) is 22.7 Å². The molecule has 1 aromatic carbocycles. The van der Waals surface area contributed by atoms with Gasteiger partial charge in [0.15, 0.2) is 0 Å². The first-order valence-electron chi connectivity index (χ1n) is 5.88.